The highest BCUT2D eigenvalue weighted by Crippen LogP contribution is 2.42. The van der Waals surface area contributed by atoms with Crippen LogP contribution in [0, 0.1) is 0 Å². The Hall–Kier alpha value is -1.31. The Labute approximate surface area is 83.5 Å². The van der Waals surface area contributed by atoms with E-state index >= 15 is 0 Å². The number of hydrogen-bond acceptors (Lipinski definition) is 1. The maximum absolute atomic E-state index is 4.52. The molecule has 1 fully saturated rings. The molecular weight excluding hydrogens is 172 g/mol. The van der Waals surface area contributed by atoms with Crippen molar-refractivity contribution in [3.05, 3.63) is 30.0 Å². The molecule has 0 bridgehead atoms. The van der Waals surface area contributed by atoms with E-state index in [9.17, 15) is 0 Å². The maximum atomic E-state index is 4.52. The first-order valence-corrected chi connectivity index (χ1v) is 5.34. The lowest BCUT2D eigenvalue weighted by molar-refractivity contribution is 0.668. The molecule has 0 atom stereocenters. The van der Waals surface area contributed by atoms with Gasteiger partial charge in [-0.05, 0) is 37.3 Å². The maximum Gasteiger partial charge on any atom is 0.0926 e. The van der Waals surface area contributed by atoms with Gasteiger partial charge in [0.15, 0.2) is 0 Å². The fraction of sp³-hybridized carbons (Fsp3) is 0.417. The molecule has 0 spiro atoms. The Morgan fingerprint density at radius 1 is 1.43 bits per heavy atom. The van der Waals surface area contributed by atoms with Crippen molar-refractivity contribution < 1.29 is 0 Å². The summed E-state index contributed by atoms with van der Waals surface area (Å²) in [5.41, 5.74) is 2.65. The Kier molecular flexibility index (Phi) is 1.63. The third kappa shape index (κ3) is 1.14. The van der Waals surface area contributed by atoms with Gasteiger partial charge in [0, 0.05) is 18.1 Å². The fourth-order valence-electron chi connectivity index (χ4n) is 2.03. The summed E-state index contributed by atoms with van der Waals surface area (Å²) < 4.78 is 2.02. The molecule has 72 valence electrons. The van der Waals surface area contributed by atoms with Gasteiger partial charge in [-0.15, -0.1) is 0 Å². The second kappa shape index (κ2) is 2.84. The molecule has 2 nitrogen and oxygen atoms in total. The van der Waals surface area contributed by atoms with Crippen molar-refractivity contribution in [2.75, 3.05) is 0 Å². The normalized spacial score (nSPS) is 16.4. The molecule has 0 radical (unpaired) electrons. The third-order valence-electron chi connectivity index (χ3n) is 2.97. The van der Waals surface area contributed by atoms with Crippen LogP contribution >= 0.6 is 0 Å². The molecule has 1 aliphatic carbocycles. The highest BCUT2D eigenvalue weighted by atomic mass is 15.3. The van der Waals surface area contributed by atoms with Crippen molar-refractivity contribution in [1.29, 1.82) is 0 Å². The molecular formula is C12H14N2. The quantitative estimate of drug-likeness (QED) is 0.705. The molecule has 1 heterocycles. The molecule has 0 aliphatic heterocycles. The van der Waals surface area contributed by atoms with Crippen LogP contribution in [0.25, 0.3) is 10.9 Å². The molecule has 0 N–H and O–H groups in total. The minimum Gasteiger partial charge on any atom is -0.272 e. The van der Waals surface area contributed by atoms with Gasteiger partial charge in [0.1, 0.15) is 0 Å². The van der Waals surface area contributed by atoms with Crippen molar-refractivity contribution in [3.8, 4) is 0 Å². The Balaban J connectivity index is 2.23. The van der Waals surface area contributed by atoms with Crippen molar-refractivity contribution in [1.82, 2.24) is 9.78 Å². The van der Waals surface area contributed by atoms with Crippen molar-refractivity contribution in [2.24, 2.45) is 0 Å². The fourth-order valence-corrected chi connectivity index (χ4v) is 2.03. The summed E-state index contributed by atoms with van der Waals surface area (Å²) in [5.74, 6) is 0.813. The molecule has 0 saturated heterocycles. The second-order valence-corrected chi connectivity index (χ2v) is 4.04. The first-order chi connectivity index (χ1) is 6.88. The summed E-state index contributed by atoms with van der Waals surface area (Å²) in [6, 6.07) is 6.48. The molecule has 1 aliphatic rings. The predicted octanol–water partition coefficient (Wildman–Crippen LogP) is 2.93. The second-order valence-electron chi connectivity index (χ2n) is 4.04. The zero-order valence-corrected chi connectivity index (χ0v) is 8.40. The summed E-state index contributed by atoms with van der Waals surface area (Å²) in [5, 5.41) is 5.88. The van der Waals surface area contributed by atoms with Gasteiger partial charge in [-0.1, -0.05) is 12.1 Å². The van der Waals surface area contributed by atoms with Gasteiger partial charge < -0.3 is 0 Å². The van der Waals surface area contributed by atoms with Gasteiger partial charge in [0.2, 0.25) is 0 Å². The number of aryl methyl sites for hydroxylation is 1. The van der Waals surface area contributed by atoms with E-state index in [-0.39, 0.29) is 0 Å². The average molecular weight is 186 g/mol. The monoisotopic (exact) mass is 186 g/mol. The first kappa shape index (κ1) is 8.04. The van der Waals surface area contributed by atoms with E-state index in [4.69, 9.17) is 0 Å². The summed E-state index contributed by atoms with van der Waals surface area (Å²) in [6.45, 7) is 3.08. The van der Waals surface area contributed by atoms with Gasteiger partial charge >= 0.3 is 0 Å². The zero-order chi connectivity index (χ0) is 9.54. The topological polar surface area (TPSA) is 17.8 Å². The highest BCUT2D eigenvalue weighted by Gasteiger charge is 2.25. The predicted molar refractivity (Wildman–Crippen MR) is 57.4 cm³/mol. The molecule has 1 saturated carbocycles. The van der Waals surface area contributed by atoms with Gasteiger partial charge in [-0.2, -0.15) is 5.10 Å². The van der Waals surface area contributed by atoms with Crippen LogP contribution in [0.2, 0.25) is 0 Å². The van der Waals surface area contributed by atoms with Gasteiger partial charge in [-0.25, -0.2) is 0 Å². The number of rotatable bonds is 2. The van der Waals surface area contributed by atoms with Gasteiger partial charge in [-0.3, -0.25) is 4.68 Å². The highest BCUT2D eigenvalue weighted by molar-refractivity contribution is 5.82. The zero-order valence-electron chi connectivity index (χ0n) is 8.40. The molecule has 3 rings (SSSR count). The van der Waals surface area contributed by atoms with E-state index in [1.807, 2.05) is 4.68 Å². The first-order valence-electron chi connectivity index (χ1n) is 5.34. The Bertz CT molecular complexity index is 466. The van der Waals surface area contributed by atoms with E-state index in [0.29, 0.717) is 0 Å². The molecule has 14 heavy (non-hydrogen) atoms. The van der Waals surface area contributed by atoms with Crippen molar-refractivity contribution >= 4 is 10.9 Å². The molecule has 0 unspecified atom stereocenters. The summed E-state index contributed by atoms with van der Waals surface area (Å²) >= 11 is 0. The molecule has 1 aromatic heterocycles. The summed E-state index contributed by atoms with van der Waals surface area (Å²) in [7, 11) is 0. The summed E-state index contributed by atoms with van der Waals surface area (Å²) in [4.78, 5) is 0. The summed E-state index contributed by atoms with van der Waals surface area (Å²) in [6.07, 6.45) is 4.90. The lowest BCUT2D eigenvalue weighted by atomic mass is 10.1. The number of hydrogen-bond donors (Lipinski definition) is 0. The minimum atomic E-state index is 0.813. The van der Waals surface area contributed by atoms with E-state index in [1.165, 1.54) is 23.8 Å². The lowest BCUT2D eigenvalue weighted by Crippen LogP contribution is -1.92. The Morgan fingerprint density at radius 3 is 3.00 bits per heavy atom. The third-order valence-corrected chi connectivity index (χ3v) is 2.97. The van der Waals surface area contributed by atoms with Crippen molar-refractivity contribution in [2.45, 2.75) is 32.2 Å². The van der Waals surface area contributed by atoms with Crippen LogP contribution in [-0.2, 0) is 6.54 Å². The molecule has 2 heteroatoms. The van der Waals surface area contributed by atoms with Gasteiger partial charge in [0.05, 0.1) is 5.52 Å². The van der Waals surface area contributed by atoms with Crippen molar-refractivity contribution in [3.63, 3.8) is 0 Å². The molecule has 2 aromatic rings. The van der Waals surface area contributed by atoms with E-state index in [1.54, 1.807) is 0 Å². The smallest absolute Gasteiger partial charge is 0.0926 e. The van der Waals surface area contributed by atoms with Crippen LogP contribution in [0.3, 0.4) is 0 Å². The SMILES string of the molecule is CCn1cc2c(C3CC3)cccc2n1. The number of benzene rings is 1. The van der Waals surface area contributed by atoms with E-state index in [0.717, 1.165) is 18.0 Å². The minimum absolute atomic E-state index is 0.813. The standard InChI is InChI=1S/C12H14N2/c1-2-14-8-11-10(9-6-7-9)4-3-5-12(11)13-14/h3-5,8-9H,2,6-7H2,1H3. The largest absolute Gasteiger partial charge is 0.272 e. The average Bonchev–Trinajstić information content (AvgIpc) is 2.96. The van der Waals surface area contributed by atoms with Crippen LogP contribution in [0.5, 0.6) is 0 Å². The van der Waals surface area contributed by atoms with Crippen LogP contribution in [-0.4, -0.2) is 9.78 Å². The van der Waals surface area contributed by atoms with Crippen LogP contribution in [0.4, 0.5) is 0 Å². The molecule has 1 aromatic carbocycles. The van der Waals surface area contributed by atoms with E-state index in [2.05, 4.69) is 36.4 Å². The lowest BCUT2D eigenvalue weighted by Gasteiger charge is -1.97. The Morgan fingerprint density at radius 2 is 2.29 bits per heavy atom. The number of aromatic nitrogens is 2. The van der Waals surface area contributed by atoms with Crippen LogP contribution < -0.4 is 0 Å². The van der Waals surface area contributed by atoms with Crippen LogP contribution in [0.1, 0.15) is 31.2 Å². The molecule has 0 amide bonds. The number of nitrogens with zero attached hydrogens (tertiary/aromatic N) is 2. The van der Waals surface area contributed by atoms with Crippen LogP contribution in [0.15, 0.2) is 24.4 Å². The van der Waals surface area contributed by atoms with Gasteiger partial charge in [0.25, 0.3) is 0 Å². The number of fused-ring (bicyclic) bond motifs is 1. The van der Waals surface area contributed by atoms with E-state index < -0.39 is 0 Å².